The minimum atomic E-state index is -1.05. The molecule has 0 aliphatic heterocycles. The van der Waals surface area contributed by atoms with Crippen LogP contribution in [0.25, 0.3) is 0 Å². The molecule has 0 aliphatic rings. The predicted molar refractivity (Wildman–Crippen MR) is 52.7 cm³/mol. The Morgan fingerprint density at radius 1 is 1.64 bits per heavy atom. The van der Waals surface area contributed by atoms with Gasteiger partial charge in [0.1, 0.15) is 6.61 Å². The van der Waals surface area contributed by atoms with Crippen molar-refractivity contribution in [3.63, 3.8) is 0 Å². The summed E-state index contributed by atoms with van der Waals surface area (Å²) in [6, 6.07) is 0. The normalized spacial score (nSPS) is 15.9. The van der Waals surface area contributed by atoms with Crippen LogP contribution in [0.5, 0.6) is 0 Å². The van der Waals surface area contributed by atoms with E-state index in [9.17, 15) is 4.79 Å². The lowest BCUT2D eigenvalue weighted by molar-refractivity contribution is -0.309. The fourth-order valence-electron chi connectivity index (χ4n) is 0.563. The van der Waals surface area contributed by atoms with Crippen LogP contribution in [0.1, 0.15) is 20.8 Å². The predicted octanol–water partition coefficient (Wildman–Crippen LogP) is 1.93. The molecule has 4 heteroatoms. The maximum atomic E-state index is 11.2. The van der Waals surface area contributed by atoms with Crippen molar-refractivity contribution in [2.75, 3.05) is 6.61 Å². The minimum Gasteiger partial charge on any atom is -0.459 e. The molecule has 0 fully saturated rings. The molecule has 0 aliphatic carbocycles. The number of hydrogen-bond donors (Lipinski definition) is 1. The fraction of sp³-hybridized carbons (Fsp3) is 0.500. The van der Waals surface area contributed by atoms with Crippen LogP contribution < -0.4 is 0 Å². The van der Waals surface area contributed by atoms with Crippen LogP contribution in [0.4, 0.5) is 0 Å². The molecule has 1 unspecified atom stereocenters. The van der Waals surface area contributed by atoms with Gasteiger partial charge in [-0.05, 0) is 20.8 Å². The van der Waals surface area contributed by atoms with Gasteiger partial charge < -0.3 is 4.74 Å². The van der Waals surface area contributed by atoms with Crippen LogP contribution in [0, 0.1) is 0 Å². The van der Waals surface area contributed by atoms with Gasteiger partial charge in [-0.15, -0.1) is 0 Å². The zero-order valence-electron chi connectivity index (χ0n) is 8.74. The molecule has 0 heterocycles. The highest BCUT2D eigenvalue weighted by Gasteiger charge is 2.23. The summed E-state index contributed by atoms with van der Waals surface area (Å²) >= 11 is 0. The van der Waals surface area contributed by atoms with Crippen LogP contribution >= 0.6 is 0 Å². The Labute approximate surface area is 83.8 Å². The van der Waals surface area contributed by atoms with Gasteiger partial charge in [0.25, 0.3) is 0 Å². The van der Waals surface area contributed by atoms with Crippen LogP contribution in [0.2, 0.25) is 0 Å². The third-order valence-electron chi connectivity index (χ3n) is 1.89. The van der Waals surface area contributed by atoms with Crippen LogP contribution in [-0.2, 0) is 14.4 Å². The minimum absolute atomic E-state index is 0.0724. The van der Waals surface area contributed by atoms with Crippen molar-refractivity contribution in [2.45, 2.75) is 26.4 Å². The third kappa shape index (κ3) is 3.72. The van der Waals surface area contributed by atoms with Crippen molar-refractivity contribution in [2.24, 2.45) is 0 Å². The molecule has 14 heavy (non-hydrogen) atoms. The van der Waals surface area contributed by atoms with Crippen molar-refractivity contribution < 1.29 is 19.7 Å². The summed E-state index contributed by atoms with van der Waals surface area (Å²) < 4.78 is 4.88. The molecule has 1 N–H and O–H groups in total. The first-order valence-electron chi connectivity index (χ1n) is 4.25. The number of rotatable bonds is 5. The van der Waals surface area contributed by atoms with Crippen molar-refractivity contribution in [1.82, 2.24) is 0 Å². The lowest BCUT2D eigenvalue weighted by Crippen LogP contribution is -2.32. The van der Waals surface area contributed by atoms with Crippen LogP contribution in [0.15, 0.2) is 24.3 Å². The van der Waals surface area contributed by atoms with E-state index in [1.807, 2.05) is 0 Å². The van der Waals surface area contributed by atoms with E-state index >= 15 is 0 Å². The van der Waals surface area contributed by atoms with Gasteiger partial charge in [-0.25, -0.2) is 9.68 Å². The van der Waals surface area contributed by atoms with Gasteiger partial charge in [0.2, 0.25) is 0 Å². The molecule has 0 saturated carbocycles. The van der Waals surface area contributed by atoms with Crippen LogP contribution in [-0.4, -0.2) is 23.4 Å². The Bertz CT molecular complexity index is 245. The Hall–Kier alpha value is -1.13. The third-order valence-corrected chi connectivity index (χ3v) is 1.89. The zero-order valence-corrected chi connectivity index (χ0v) is 8.74. The number of ether oxygens (including phenoxy) is 1. The molecule has 0 saturated heterocycles. The van der Waals surface area contributed by atoms with E-state index in [0.717, 1.165) is 0 Å². The van der Waals surface area contributed by atoms with E-state index in [4.69, 9.17) is 9.99 Å². The number of carbonyl (C=O) groups is 1. The molecule has 0 spiro atoms. The number of carbonyl (C=O) groups excluding carboxylic acids is 1. The maximum absolute atomic E-state index is 11.2. The van der Waals surface area contributed by atoms with Crippen molar-refractivity contribution in [1.29, 1.82) is 0 Å². The Balaban J connectivity index is 4.18. The second-order valence-corrected chi connectivity index (χ2v) is 3.16. The monoisotopic (exact) mass is 200 g/mol. The molecule has 0 aromatic carbocycles. The first kappa shape index (κ1) is 12.9. The summed E-state index contributed by atoms with van der Waals surface area (Å²) in [6.45, 7) is 8.33. The fourth-order valence-corrected chi connectivity index (χ4v) is 0.563. The van der Waals surface area contributed by atoms with Gasteiger partial charge >= 0.3 is 5.97 Å². The summed E-state index contributed by atoms with van der Waals surface area (Å²) in [6.07, 6.45) is 3.01. The molecule has 0 amide bonds. The number of allylic oxidation sites excluding steroid dienone is 1. The summed E-state index contributed by atoms with van der Waals surface area (Å²) in [5, 5.41) is 8.52. The Morgan fingerprint density at radius 3 is 2.57 bits per heavy atom. The average Bonchev–Trinajstić information content (AvgIpc) is 2.24. The second-order valence-electron chi connectivity index (χ2n) is 3.16. The highest BCUT2D eigenvalue weighted by Crippen LogP contribution is 2.11. The van der Waals surface area contributed by atoms with Crippen molar-refractivity contribution in [3.8, 4) is 0 Å². The molecular formula is C10H16O4. The van der Waals surface area contributed by atoms with Gasteiger partial charge in [-0.1, -0.05) is 18.7 Å². The van der Waals surface area contributed by atoms with E-state index in [1.54, 1.807) is 26.8 Å². The quantitative estimate of drug-likeness (QED) is 0.242. The summed E-state index contributed by atoms with van der Waals surface area (Å²) in [4.78, 5) is 15.3. The van der Waals surface area contributed by atoms with Gasteiger partial charge in [0.15, 0.2) is 5.60 Å². The molecule has 80 valence electrons. The molecule has 0 aromatic heterocycles. The molecule has 0 aromatic rings. The van der Waals surface area contributed by atoms with Gasteiger partial charge in [-0.2, -0.15) is 0 Å². The highest BCUT2D eigenvalue weighted by molar-refractivity contribution is 5.87. The first-order chi connectivity index (χ1) is 6.49. The molecule has 0 radical (unpaired) electrons. The van der Waals surface area contributed by atoms with E-state index in [0.29, 0.717) is 5.57 Å². The largest absolute Gasteiger partial charge is 0.459 e. The number of esters is 1. The Morgan fingerprint density at radius 2 is 2.21 bits per heavy atom. The molecule has 1 atom stereocenters. The van der Waals surface area contributed by atoms with Gasteiger partial charge in [0.05, 0.1) is 0 Å². The summed E-state index contributed by atoms with van der Waals surface area (Å²) in [5.41, 5.74) is -0.543. The molecule has 0 rings (SSSR count). The standard InChI is InChI=1S/C10H16O4/c1-5-8(3)9(11)13-7-10(4,6-2)14-12/h5-6,12H,2,7H2,1,3-4H3. The SMILES string of the molecule is C=CC(C)(COC(=O)C(C)=CC)OO. The van der Waals surface area contributed by atoms with Gasteiger partial charge in [-0.3, -0.25) is 5.26 Å². The first-order valence-corrected chi connectivity index (χ1v) is 4.25. The van der Waals surface area contributed by atoms with Gasteiger partial charge in [0, 0.05) is 5.57 Å². The second kappa shape index (κ2) is 5.57. The topological polar surface area (TPSA) is 55.8 Å². The summed E-state index contributed by atoms with van der Waals surface area (Å²) in [5.74, 6) is -0.433. The highest BCUT2D eigenvalue weighted by atomic mass is 17.1. The molecule has 0 bridgehead atoms. The van der Waals surface area contributed by atoms with Crippen molar-refractivity contribution in [3.05, 3.63) is 24.3 Å². The summed E-state index contributed by atoms with van der Waals surface area (Å²) in [7, 11) is 0. The van der Waals surface area contributed by atoms with E-state index < -0.39 is 11.6 Å². The number of hydrogen-bond acceptors (Lipinski definition) is 4. The zero-order chi connectivity index (χ0) is 11.2. The van der Waals surface area contributed by atoms with E-state index in [2.05, 4.69) is 11.5 Å². The van der Waals surface area contributed by atoms with E-state index in [-0.39, 0.29) is 6.61 Å². The van der Waals surface area contributed by atoms with E-state index in [1.165, 1.54) is 6.08 Å². The van der Waals surface area contributed by atoms with Crippen molar-refractivity contribution >= 4 is 5.97 Å². The smallest absolute Gasteiger partial charge is 0.333 e. The average molecular weight is 200 g/mol. The lowest BCUT2D eigenvalue weighted by Gasteiger charge is -2.20. The lowest BCUT2D eigenvalue weighted by atomic mass is 10.1. The van der Waals surface area contributed by atoms with Crippen LogP contribution in [0.3, 0.4) is 0 Å². The maximum Gasteiger partial charge on any atom is 0.333 e. The molecule has 4 nitrogen and oxygen atoms in total. The Kier molecular flexibility index (Phi) is 5.12. The molecular weight excluding hydrogens is 184 g/mol.